The topological polar surface area (TPSA) is 56.3 Å². The number of nitrogens with zero attached hydrogens (tertiary/aromatic N) is 2. The highest BCUT2D eigenvalue weighted by Gasteiger charge is 2.06. The van der Waals surface area contributed by atoms with E-state index in [1.165, 1.54) is 11.1 Å². The van der Waals surface area contributed by atoms with Crippen molar-refractivity contribution in [2.75, 3.05) is 26.1 Å². The predicted octanol–water partition coefficient (Wildman–Crippen LogP) is 3.86. The lowest BCUT2D eigenvalue weighted by molar-refractivity contribution is 0.354. The lowest BCUT2D eigenvalue weighted by atomic mass is 10.1. The Kier molecular flexibility index (Phi) is 5.33. The fraction of sp³-hybridized carbons (Fsp3) is 0.300. The summed E-state index contributed by atoms with van der Waals surface area (Å²) >= 11 is 0. The summed E-state index contributed by atoms with van der Waals surface area (Å²) in [4.78, 5) is 8.75. The van der Waals surface area contributed by atoms with Crippen LogP contribution in [0.25, 0.3) is 10.9 Å². The monoisotopic (exact) mass is 337 g/mol. The van der Waals surface area contributed by atoms with Gasteiger partial charge in [-0.1, -0.05) is 19.1 Å². The maximum absolute atomic E-state index is 5.36. The highest BCUT2D eigenvalue weighted by molar-refractivity contribution is 5.89. The van der Waals surface area contributed by atoms with Crippen LogP contribution in [0.3, 0.4) is 0 Å². The number of hydrogen-bond acceptors (Lipinski definition) is 5. The normalized spacial score (nSPS) is 10.7. The molecule has 0 aliphatic rings. The van der Waals surface area contributed by atoms with Crippen LogP contribution in [-0.4, -0.2) is 30.7 Å². The van der Waals surface area contributed by atoms with Gasteiger partial charge in [-0.15, -0.1) is 0 Å². The van der Waals surface area contributed by atoms with Crippen LogP contribution in [0.15, 0.2) is 42.7 Å². The van der Waals surface area contributed by atoms with Crippen molar-refractivity contribution >= 4 is 16.7 Å². The van der Waals surface area contributed by atoms with E-state index in [0.717, 1.165) is 47.6 Å². The summed E-state index contributed by atoms with van der Waals surface area (Å²) in [6.07, 6.45) is 3.46. The van der Waals surface area contributed by atoms with Gasteiger partial charge in [0.2, 0.25) is 0 Å². The molecule has 0 atom stereocenters. The Morgan fingerprint density at radius 1 is 0.920 bits per heavy atom. The summed E-state index contributed by atoms with van der Waals surface area (Å²) in [7, 11) is 3.29. The average Bonchev–Trinajstić information content (AvgIpc) is 2.67. The minimum absolute atomic E-state index is 0.744. The zero-order valence-corrected chi connectivity index (χ0v) is 14.9. The maximum atomic E-state index is 5.36. The van der Waals surface area contributed by atoms with Gasteiger partial charge in [-0.3, -0.25) is 0 Å². The minimum atomic E-state index is 0.744. The van der Waals surface area contributed by atoms with E-state index in [-0.39, 0.29) is 0 Å². The zero-order chi connectivity index (χ0) is 17.6. The molecule has 0 bridgehead atoms. The van der Waals surface area contributed by atoms with Gasteiger partial charge in [-0.2, -0.15) is 0 Å². The Balaban J connectivity index is 1.73. The van der Waals surface area contributed by atoms with Crippen LogP contribution in [0.2, 0.25) is 0 Å². The van der Waals surface area contributed by atoms with Crippen molar-refractivity contribution in [2.45, 2.75) is 19.8 Å². The second kappa shape index (κ2) is 7.83. The predicted molar refractivity (Wildman–Crippen MR) is 101 cm³/mol. The smallest absolute Gasteiger partial charge is 0.160 e. The van der Waals surface area contributed by atoms with Crippen LogP contribution in [0.5, 0.6) is 11.5 Å². The van der Waals surface area contributed by atoms with Gasteiger partial charge in [-0.25, -0.2) is 9.97 Å². The summed E-state index contributed by atoms with van der Waals surface area (Å²) in [5, 5.41) is 4.49. The van der Waals surface area contributed by atoms with Crippen molar-refractivity contribution in [1.82, 2.24) is 9.97 Å². The molecule has 2 aromatic carbocycles. The molecule has 0 radical (unpaired) electrons. The van der Waals surface area contributed by atoms with Crippen molar-refractivity contribution < 1.29 is 9.47 Å². The zero-order valence-electron chi connectivity index (χ0n) is 14.9. The van der Waals surface area contributed by atoms with Crippen molar-refractivity contribution in [3.8, 4) is 11.5 Å². The van der Waals surface area contributed by atoms with E-state index >= 15 is 0 Å². The Bertz CT molecular complexity index is 865. The Labute approximate surface area is 148 Å². The summed E-state index contributed by atoms with van der Waals surface area (Å²) in [6.45, 7) is 2.92. The van der Waals surface area contributed by atoms with Crippen molar-refractivity contribution in [3.63, 3.8) is 0 Å². The average molecular weight is 337 g/mol. The van der Waals surface area contributed by atoms with Gasteiger partial charge in [0, 0.05) is 11.9 Å². The van der Waals surface area contributed by atoms with Crippen LogP contribution >= 0.6 is 0 Å². The molecule has 0 amide bonds. The first-order valence-electron chi connectivity index (χ1n) is 8.43. The van der Waals surface area contributed by atoms with Gasteiger partial charge >= 0.3 is 0 Å². The number of rotatable bonds is 7. The van der Waals surface area contributed by atoms with Crippen LogP contribution in [0, 0.1) is 0 Å². The number of fused-ring (bicyclic) bond motifs is 1. The molecule has 0 spiro atoms. The number of hydrogen-bond donors (Lipinski definition) is 1. The summed E-state index contributed by atoms with van der Waals surface area (Å²) in [5.41, 5.74) is 3.42. The number of methoxy groups -OCH3 is 2. The number of aryl methyl sites for hydroxylation is 1. The van der Waals surface area contributed by atoms with E-state index < -0.39 is 0 Å². The number of nitrogens with one attached hydrogen (secondary N) is 1. The van der Waals surface area contributed by atoms with E-state index in [9.17, 15) is 0 Å². The van der Waals surface area contributed by atoms with E-state index in [4.69, 9.17) is 9.47 Å². The molecule has 5 nitrogen and oxygen atoms in total. The third-order valence-corrected chi connectivity index (χ3v) is 4.26. The molecule has 0 aliphatic carbocycles. The molecule has 0 fully saturated rings. The summed E-state index contributed by atoms with van der Waals surface area (Å²) < 4.78 is 10.6. The van der Waals surface area contributed by atoms with Gasteiger partial charge in [0.05, 0.1) is 19.7 Å². The van der Waals surface area contributed by atoms with Crippen LogP contribution in [0.4, 0.5) is 5.82 Å². The van der Waals surface area contributed by atoms with Crippen molar-refractivity contribution in [1.29, 1.82) is 0 Å². The highest BCUT2D eigenvalue weighted by Crippen LogP contribution is 2.28. The second-order valence-corrected chi connectivity index (χ2v) is 5.79. The molecule has 0 saturated carbocycles. The quantitative estimate of drug-likeness (QED) is 0.709. The third kappa shape index (κ3) is 3.82. The first-order valence-corrected chi connectivity index (χ1v) is 8.43. The number of ether oxygens (including phenoxy) is 2. The summed E-state index contributed by atoms with van der Waals surface area (Å²) in [5.74, 6) is 2.37. The Morgan fingerprint density at radius 2 is 1.72 bits per heavy atom. The molecule has 3 aromatic rings. The number of aromatic nitrogens is 2. The van der Waals surface area contributed by atoms with Gasteiger partial charge in [0.1, 0.15) is 12.1 Å². The molecule has 0 saturated heterocycles. The first-order chi connectivity index (χ1) is 12.2. The number of benzene rings is 2. The first kappa shape index (κ1) is 17.0. The molecular formula is C20H23N3O2. The van der Waals surface area contributed by atoms with Gasteiger partial charge < -0.3 is 14.8 Å². The molecule has 1 aromatic heterocycles. The van der Waals surface area contributed by atoms with Gasteiger partial charge in [0.25, 0.3) is 0 Å². The lowest BCUT2D eigenvalue weighted by Crippen LogP contribution is -2.07. The maximum Gasteiger partial charge on any atom is 0.160 e. The molecule has 0 unspecified atom stereocenters. The van der Waals surface area contributed by atoms with Crippen LogP contribution < -0.4 is 14.8 Å². The lowest BCUT2D eigenvalue weighted by Gasteiger charge is -2.11. The standard InChI is InChI=1S/C20H23N3O2/c1-4-14-5-7-17-16(11-14)20(23-13-22-17)21-10-9-15-6-8-18(24-2)19(12-15)25-3/h5-8,11-13H,4,9-10H2,1-3H3,(H,21,22,23). The SMILES string of the molecule is CCc1ccc2ncnc(NCCc3ccc(OC)c(OC)c3)c2c1. The van der Waals surface area contributed by atoms with E-state index in [1.807, 2.05) is 12.1 Å². The second-order valence-electron chi connectivity index (χ2n) is 5.79. The van der Waals surface area contributed by atoms with Crippen LogP contribution in [-0.2, 0) is 12.8 Å². The van der Waals surface area contributed by atoms with Crippen molar-refractivity contribution in [2.24, 2.45) is 0 Å². The summed E-state index contributed by atoms with van der Waals surface area (Å²) in [6, 6.07) is 12.3. The molecule has 25 heavy (non-hydrogen) atoms. The number of anilines is 1. The largest absolute Gasteiger partial charge is 0.493 e. The highest BCUT2D eigenvalue weighted by atomic mass is 16.5. The molecule has 5 heteroatoms. The van der Waals surface area contributed by atoms with Crippen LogP contribution in [0.1, 0.15) is 18.1 Å². The van der Waals surface area contributed by atoms with E-state index in [0.29, 0.717) is 0 Å². The Morgan fingerprint density at radius 3 is 2.48 bits per heavy atom. The Hall–Kier alpha value is -2.82. The van der Waals surface area contributed by atoms with Gasteiger partial charge in [-0.05, 0) is 48.2 Å². The van der Waals surface area contributed by atoms with Gasteiger partial charge in [0.15, 0.2) is 11.5 Å². The molecule has 130 valence electrons. The minimum Gasteiger partial charge on any atom is -0.493 e. The molecule has 0 aliphatic heterocycles. The fourth-order valence-electron chi connectivity index (χ4n) is 2.83. The molecular weight excluding hydrogens is 314 g/mol. The molecule has 3 rings (SSSR count). The third-order valence-electron chi connectivity index (χ3n) is 4.26. The fourth-order valence-corrected chi connectivity index (χ4v) is 2.83. The molecule has 1 heterocycles. The van der Waals surface area contributed by atoms with E-state index in [1.54, 1.807) is 20.5 Å². The van der Waals surface area contributed by atoms with E-state index in [2.05, 4.69) is 46.5 Å². The van der Waals surface area contributed by atoms with Crippen molar-refractivity contribution in [3.05, 3.63) is 53.9 Å². The molecule has 1 N–H and O–H groups in total.